The lowest BCUT2D eigenvalue weighted by molar-refractivity contribution is 0.319. The fraction of sp³-hybridized carbons (Fsp3) is 0.586. The molecule has 1 fully saturated rings. The fourth-order valence-corrected chi connectivity index (χ4v) is 5.77. The lowest BCUT2D eigenvalue weighted by Gasteiger charge is -2.29. The number of rotatable bonds is 7. The van der Waals surface area contributed by atoms with Crippen LogP contribution in [0.5, 0.6) is 0 Å². The molecule has 156 valence electrons. The Morgan fingerprint density at radius 3 is 2.14 bits per heavy atom. The third-order valence-corrected chi connectivity index (χ3v) is 7.87. The molecule has 0 heteroatoms. The van der Waals surface area contributed by atoms with Crippen LogP contribution in [0, 0.1) is 5.92 Å². The molecule has 0 aromatic heterocycles. The van der Waals surface area contributed by atoms with Crippen LogP contribution in [0.2, 0.25) is 0 Å². The molecule has 0 heterocycles. The Hall–Kier alpha value is -1.56. The monoisotopic (exact) mass is 388 g/mol. The summed E-state index contributed by atoms with van der Waals surface area (Å²) in [5.74, 6) is 2.50. The second kappa shape index (κ2) is 9.96. The van der Waals surface area contributed by atoms with Gasteiger partial charge in [-0.3, -0.25) is 0 Å². The van der Waals surface area contributed by atoms with E-state index in [0.717, 1.165) is 11.8 Å². The van der Waals surface area contributed by atoms with E-state index < -0.39 is 0 Å². The fourth-order valence-electron chi connectivity index (χ4n) is 5.77. The van der Waals surface area contributed by atoms with Crippen molar-refractivity contribution in [3.8, 4) is 0 Å². The molecule has 2 aliphatic carbocycles. The molecule has 2 aromatic rings. The molecule has 0 bridgehead atoms. The summed E-state index contributed by atoms with van der Waals surface area (Å²) in [5.41, 5.74) is 7.93. The molecule has 2 aromatic carbocycles. The molecule has 0 N–H and O–H groups in total. The number of hydrogen-bond donors (Lipinski definition) is 0. The van der Waals surface area contributed by atoms with Crippen LogP contribution in [-0.4, -0.2) is 0 Å². The van der Waals surface area contributed by atoms with Crippen LogP contribution in [-0.2, 0) is 19.3 Å². The van der Waals surface area contributed by atoms with Crippen LogP contribution in [0.3, 0.4) is 0 Å². The third-order valence-electron chi connectivity index (χ3n) is 7.87. The molecule has 1 atom stereocenters. The van der Waals surface area contributed by atoms with Gasteiger partial charge in [-0.05, 0) is 103 Å². The number of aryl methyl sites for hydroxylation is 2. The van der Waals surface area contributed by atoms with Crippen LogP contribution in [0.4, 0.5) is 0 Å². The van der Waals surface area contributed by atoms with E-state index in [-0.39, 0.29) is 0 Å². The molecule has 29 heavy (non-hydrogen) atoms. The summed E-state index contributed by atoms with van der Waals surface area (Å²) in [7, 11) is 0. The summed E-state index contributed by atoms with van der Waals surface area (Å²) in [6.07, 6.45) is 16.1. The SMILES string of the molecule is CCCCCc1ccc2c(c1)CCC(c1ccc(C3CCC(CC)CC3)cc1)C2. The maximum absolute atomic E-state index is 2.51. The standard InChI is InChI=1S/C29H40/c1-3-5-6-7-23-10-13-29-21-28(19-18-27(29)20-23)26-16-14-25(15-17-26)24-11-8-22(4-2)9-12-24/h10,13-17,20,22,24,28H,3-9,11-12,18-19,21H2,1-2H3. The van der Waals surface area contributed by atoms with E-state index in [4.69, 9.17) is 0 Å². The minimum atomic E-state index is 0.707. The summed E-state index contributed by atoms with van der Waals surface area (Å²) in [4.78, 5) is 0. The second-order valence-electron chi connectivity index (χ2n) is 9.79. The van der Waals surface area contributed by atoms with Gasteiger partial charge in [0.2, 0.25) is 0 Å². The van der Waals surface area contributed by atoms with Gasteiger partial charge in [0.1, 0.15) is 0 Å². The molecule has 1 unspecified atom stereocenters. The van der Waals surface area contributed by atoms with E-state index in [1.807, 2.05) is 0 Å². The Balaban J connectivity index is 1.37. The molecular formula is C29H40. The van der Waals surface area contributed by atoms with Crippen molar-refractivity contribution < 1.29 is 0 Å². The van der Waals surface area contributed by atoms with E-state index in [9.17, 15) is 0 Å². The van der Waals surface area contributed by atoms with E-state index in [1.54, 1.807) is 27.8 Å². The number of hydrogen-bond acceptors (Lipinski definition) is 0. The predicted octanol–water partition coefficient (Wildman–Crippen LogP) is 8.38. The molecule has 0 aliphatic heterocycles. The van der Waals surface area contributed by atoms with Crippen LogP contribution in [0.1, 0.15) is 111 Å². The molecule has 2 aliphatic rings. The van der Waals surface area contributed by atoms with Crippen molar-refractivity contribution in [3.05, 3.63) is 70.3 Å². The van der Waals surface area contributed by atoms with Gasteiger partial charge in [0, 0.05) is 0 Å². The molecule has 0 radical (unpaired) electrons. The van der Waals surface area contributed by atoms with Crippen molar-refractivity contribution in [1.29, 1.82) is 0 Å². The zero-order valence-electron chi connectivity index (χ0n) is 18.8. The molecule has 0 amide bonds. The summed E-state index contributed by atoms with van der Waals surface area (Å²) < 4.78 is 0. The van der Waals surface area contributed by atoms with Crippen molar-refractivity contribution in [2.75, 3.05) is 0 Å². The Morgan fingerprint density at radius 2 is 1.45 bits per heavy atom. The van der Waals surface area contributed by atoms with Gasteiger partial charge in [0.25, 0.3) is 0 Å². The largest absolute Gasteiger partial charge is 0.0654 e. The van der Waals surface area contributed by atoms with Crippen molar-refractivity contribution in [3.63, 3.8) is 0 Å². The van der Waals surface area contributed by atoms with Crippen molar-refractivity contribution in [1.82, 2.24) is 0 Å². The average Bonchev–Trinajstić information content (AvgIpc) is 2.79. The Morgan fingerprint density at radius 1 is 0.724 bits per heavy atom. The normalized spacial score (nSPS) is 24.3. The Bertz CT molecular complexity index is 761. The van der Waals surface area contributed by atoms with Crippen LogP contribution in [0.15, 0.2) is 42.5 Å². The summed E-state index contributed by atoms with van der Waals surface area (Å²) in [6, 6.07) is 17.2. The average molecular weight is 389 g/mol. The highest BCUT2D eigenvalue weighted by molar-refractivity contribution is 5.38. The Labute approximate surface area is 179 Å². The first-order valence-electron chi connectivity index (χ1n) is 12.5. The van der Waals surface area contributed by atoms with E-state index in [1.165, 1.54) is 77.0 Å². The summed E-state index contributed by atoms with van der Waals surface area (Å²) in [6.45, 7) is 4.64. The maximum Gasteiger partial charge on any atom is -0.0118 e. The van der Waals surface area contributed by atoms with E-state index >= 15 is 0 Å². The first-order chi connectivity index (χ1) is 14.3. The number of benzene rings is 2. The molecule has 4 rings (SSSR count). The maximum atomic E-state index is 2.51. The van der Waals surface area contributed by atoms with Gasteiger partial charge in [0.05, 0.1) is 0 Å². The first kappa shape index (κ1) is 20.7. The van der Waals surface area contributed by atoms with Crippen molar-refractivity contribution in [2.24, 2.45) is 5.92 Å². The minimum Gasteiger partial charge on any atom is -0.0654 e. The van der Waals surface area contributed by atoms with Crippen molar-refractivity contribution >= 4 is 0 Å². The van der Waals surface area contributed by atoms with Gasteiger partial charge < -0.3 is 0 Å². The third kappa shape index (κ3) is 5.14. The van der Waals surface area contributed by atoms with Gasteiger partial charge in [-0.25, -0.2) is 0 Å². The highest BCUT2D eigenvalue weighted by Crippen LogP contribution is 2.38. The quantitative estimate of drug-likeness (QED) is 0.418. The summed E-state index contributed by atoms with van der Waals surface area (Å²) >= 11 is 0. The zero-order valence-corrected chi connectivity index (χ0v) is 18.8. The zero-order chi connectivity index (χ0) is 20.1. The topological polar surface area (TPSA) is 0 Å². The van der Waals surface area contributed by atoms with Gasteiger partial charge in [-0.2, -0.15) is 0 Å². The highest BCUT2D eigenvalue weighted by Gasteiger charge is 2.23. The first-order valence-corrected chi connectivity index (χ1v) is 12.5. The highest BCUT2D eigenvalue weighted by atomic mass is 14.3. The number of fused-ring (bicyclic) bond motifs is 1. The molecular weight excluding hydrogens is 348 g/mol. The van der Waals surface area contributed by atoms with Crippen molar-refractivity contribution in [2.45, 2.75) is 103 Å². The molecule has 0 spiro atoms. The van der Waals surface area contributed by atoms with Gasteiger partial charge >= 0.3 is 0 Å². The van der Waals surface area contributed by atoms with E-state index in [2.05, 4.69) is 56.3 Å². The predicted molar refractivity (Wildman–Crippen MR) is 126 cm³/mol. The second-order valence-corrected chi connectivity index (χ2v) is 9.79. The molecule has 0 nitrogen and oxygen atoms in total. The van der Waals surface area contributed by atoms with Gasteiger partial charge in [0.15, 0.2) is 0 Å². The summed E-state index contributed by atoms with van der Waals surface area (Å²) in [5, 5.41) is 0. The van der Waals surface area contributed by atoms with E-state index in [0.29, 0.717) is 5.92 Å². The van der Waals surface area contributed by atoms with Gasteiger partial charge in [-0.1, -0.05) is 75.6 Å². The molecule has 1 saturated carbocycles. The smallest absolute Gasteiger partial charge is 0.0118 e. The lowest BCUT2D eigenvalue weighted by atomic mass is 9.76. The van der Waals surface area contributed by atoms with Crippen LogP contribution in [0.25, 0.3) is 0 Å². The van der Waals surface area contributed by atoms with Crippen LogP contribution >= 0.6 is 0 Å². The lowest BCUT2D eigenvalue weighted by Crippen LogP contribution is -2.14. The Kier molecular flexibility index (Phi) is 7.11. The van der Waals surface area contributed by atoms with Crippen LogP contribution < -0.4 is 0 Å². The molecule has 0 saturated heterocycles. The number of unbranched alkanes of at least 4 members (excludes halogenated alkanes) is 2. The van der Waals surface area contributed by atoms with Gasteiger partial charge in [-0.15, -0.1) is 0 Å². The minimum absolute atomic E-state index is 0.707.